The molecule has 0 atom stereocenters. The number of rotatable bonds is 4. The van der Waals surface area contributed by atoms with Crippen LogP contribution in [0.1, 0.15) is 0 Å². The second-order valence-corrected chi connectivity index (χ2v) is 3.38. The highest BCUT2D eigenvalue weighted by atomic mass is 35.5. The van der Waals surface area contributed by atoms with Crippen molar-refractivity contribution in [3.63, 3.8) is 0 Å². The van der Waals surface area contributed by atoms with Crippen LogP contribution in [-0.4, -0.2) is 21.3 Å². The van der Waals surface area contributed by atoms with E-state index in [1.165, 1.54) is 0 Å². The Hall–Kier alpha value is 0.797. The van der Waals surface area contributed by atoms with E-state index in [-0.39, 0.29) is 0 Å². The van der Waals surface area contributed by atoms with E-state index < -0.39 is 0 Å². The molecule has 0 rings (SSSR count). The Bertz CT molecular complexity index is 28.9. The molecular weight excluding hydrogens is 147 g/mol. The van der Waals surface area contributed by atoms with Gasteiger partial charge in [0.05, 0.1) is 0 Å². The molecule has 0 aliphatic rings. The number of halogens is 2. The molecule has 42 valence electrons. The summed E-state index contributed by atoms with van der Waals surface area (Å²) in [5.41, 5.74) is 0. The predicted molar refractivity (Wildman–Crippen MR) is 36.8 cm³/mol. The van der Waals surface area contributed by atoms with E-state index in [9.17, 15) is 0 Å². The van der Waals surface area contributed by atoms with Crippen LogP contribution in [0.2, 0.25) is 12.1 Å². The van der Waals surface area contributed by atoms with Crippen LogP contribution in [0.5, 0.6) is 0 Å². The van der Waals surface area contributed by atoms with Crippen molar-refractivity contribution in [2.75, 3.05) is 11.8 Å². The van der Waals surface area contributed by atoms with Gasteiger partial charge in [0.15, 0.2) is 0 Å². The van der Waals surface area contributed by atoms with E-state index in [4.69, 9.17) is 23.2 Å². The van der Waals surface area contributed by atoms with Crippen LogP contribution < -0.4 is 0 Å². The lowest BCUT2D eigenvalue weighted by atomic mass is 10.9. The monoisotopic (exact) mass is 154 g/mol. The van der Waals surface area contributed by atoms with Gasteiger partial charge in [-0.15, -0.1) is 23.2 Å². The lowest BCUT2D eigenvalue weighted by Gasteiger charge is -1.86. The first kappa shape index (κ1) is 7.80. The molecule has 3 heteroatoms. The van der Waals surface area contributed by atoms with Crippen molar-refractivity contribution in [2.45, 2.75) is 12.1 Å². The van der Waals surface area contributed by atoms with Gasteiger partial charge in [0.1, 0.15) is 0 Å². The highest BCUT2D eigenvalue weighted by Crippen LogP contribution is 1.89. The molecule has 0 nitrogen and oxygen atoms in total. The molecule has 0 aliphatic carbocycles. The van der Waals surface area contributed by atoms with Crippen molar-refractivity contribution < 1.29 is 0 Å². The van der Waals surface area contributed by atoms with E-state index in [0.29, 0.717) is 0 Å². The second kappa shape index (κ2) is 6.80. The molecule has 0 spiro atoms. The molecule has 0 aliphatic heterocycles. The molecular formula is C4H8Cl2Si. The molecule has 2 radical (unpaired) electrons. The third-order valence-corrected chi connectivity index (χ3v) is 2.76. The molecule has 0 saturated carbocycles. The summed E-state index contributed by atoms with van der Waals surface area (Å²) in [7, 11) is 0.968. The van der Waals surface area contributed by atoms with Gasteiger partial charge in [-0.25, -0.2) is 0 Å². The molecule has 0 bridgehead atoms. The lowest BCUT2D eigenvalue weighted by Crippen LogP contribution is -1.89. The topological polar surface area (TPSA) is 0 Å². The SMILES string of the molecule is ClCC[Si]CCCl. The Kier molecular flexibility index (Phi) is 7.57. The molecule has 0 fully saturated rings. The maximum Gasteiger partial charge on any atom is 0.0402 e. The van der Waals surface area contributed by atoms with Gasteiger partial charge in [0.2, 0.25) is 0 Å². The Balaban J connectivity index is 2.45. The minimum Gasteiger partial charge on any atom is -0.127 e. The van der Waals surface area contributed by atoms with Crippen LogP contribution in [0.25, 0.3) is 0 Å². The molecule has 0 amide bonds. The van der Waals surface area contributed by atoms with Gasteiger partial charge in [-0.1, -0.05) is 0 Å². The van der Waals surface area contributed by atoms with E-state index in [1.807, 2.05) is 0 Å². The molecule has 0 aromatic heterocycles. The van der Waals surface area contributed by atoms with Gasteiger partial charge in [-0.3, -0.25) is 0 Å². The summed E-state index contributed by atoms with van der Waals surface area (Å²) in [6.45, 7) is 0. The fourth-order valence-electron chi connectivity index (χ4n) is 0.259. The van der Waals surface area contributed by atoms with Gasteiger partial charge in [-0.2, -0.15) is 0 Å². The highest BCUT2D eigenvalue weighted by Gasteiger charge is 1.84. The summed E-state index contributed by atoms with van der Waals surface area (Å²) in [6, 6.07) is 2.27. The van der Waals surface area contributed by atoms with Crippen LogP contribution in [-0.2, 0) is 0 Å². The van der Waals surface area contributed by atoms with Crippen molar-refractivity contribution in [1.29, 1.82) is 0 Å². The minimum absolute atomic E-state index is 0.787. The summed E-state index contributed by atoms with van der Waals surface area (Å²) >= 11 is 10.8. The van der Waals surface area contributed by atoms with E-state index in [0.717, 1.165) is 33.4 Å². The third kappa shape index (κ3) is 6.80. The van der Waals surface area contributed by atoms with Crippen LogP contribution in [0, 0.1) is 0 Å². The lowest BCUT2D eigenvalue weighted by molar-refractivity contribution is 1.37. The van der Waals surface area contributed by atoms with E-state index in [2.05, 4.69) is 0 Å². The molecule has 0 saturated heterocycles. The minimum atomic E-state index is 0.787. The first-order chi connectivity index (χ1) is 3.41. The highest BCUT2D eigenvalue weighted by molar-refractivity contribution is 6.39. The van der Waals surface area contributed by atoms with Crippen molar-refractivity contribution >= 4 is 32.7 Å². The molecule has 0 N–H and O–H groups in total. The first-order valence-corrected chi connectivity index (χ1v) is 4.72. The van der Waals surface area contributed by atoms with Gasteiger partial charge >= 0.3 is 0 Å². The summed E-state index contributed by atoms with van der Waals surface area (Å²) in [6.07, 6.45) is 0. The normalized spacial score (nSPS) is 9.43. The number of hydrogen-bond acceptors (Lipinski definition) is 0. The Morgan fingerprint density at radius 2 is 1.43 bits per heavy atom. The molecule has 0 aromatic rings. The fraction of sp³-hybridized carbons (Fsp3) is 1.00. The molecule has 7 heavy (non-hydrogen) atoms. The standard InChI is InChI=1S/C4H8Cl2Si/c5-1-3-7-4-2-6/h1-4H2. The third-order valence-electron chi connectivity index (χ3n) is 0.543. The van der Waals surface area contributed by atoms with Gasteiger partial charge < -0.3 is 0 Å². The Morgan fingerprint density at radius 1 is 1.00 bits per heavy atom. The second-order valence-electron chi connectivity index (χ2n) is 1.13. The largest absolute Gasteiger partial charge is 0.127 e. The predicted octanol–water partition coefficient (Wildman–Crippen LogP) is 2.00. The smallest absolute Gasteiger partial charge is 0.0402 e. The van der Waals surface area contributed by atoms with Crippen LogP contribution >= 0.6 is 23.2 Å². The first-order valence-electron chi connectivity index (χ1n) is 2.24. The summed E-state index contributed by atoms with van der Waals surface area (Å²) in [5, 5.41) is 0. The molecule has 0 heterocycles. The van der Waals surface area contributed by atoms with E-state index >= 15 is 0 Å². The van der Waals surface area contributed by atoms with Crippen molar-refractivity contribution in [3.05, 3.63) is 0 Å². The van der Waals surface area contributed by atoms with Crippen LogP contribution in [0.4, 0.5) is 0 Å². The number of alkyl halides is 2. The van der Waals surface area contributed by atoms with Crippen molar-refractivity contribution in [3.8, 4) is 0 Å². The quantitative estimate of drug-likeness (QED) is 0.331. The van der Waals surface area contributed by atoms with E-state index in [1.54, 1.807) is 0 Å². The Labute approximate surface area is 57.0 Å². The zero-order valence-electron chi connectivity index (χ0n) is 4.08. The summed E-state index contributed by atoms with van der Waals surface area (Å²) in [5.74, 6) is 1.57. The van der Waals surface area contributed by atoms with Gasteiger partial charge in [0.25, 0.3) is 0 Å². The van der Waals surface area contributed by atoms with Crippen LogP contribution in [0.3, 0.4) is 0 Å². The average molecular weight is 155 g/mol. The average Bonchev–Trinajstić information content (AvgIpc) is 1.69. The maximum atomic E-state index is 5.40. The summed E-state index contributed by atoms with van der Waals surface area (Å²) in [4.78, 5) is 0. The zero-order chi connectivity index (χ0) is 5.54. The summed E-state index contributed by atoms with van der Waals surface area (Å²) < 4.78 is 0. The van der Waals surface area contributed by atoms with Crippen LogP contribution in [0.15, 0.2) is 0 Å². The van der Waals surface area contributed by atoms with Gasteiger partial charge in [-0.05, 0) is 12.1 Å². The van der Waals surface area contributed by atoms with Crippen molar-refractivity contribution in [1.82, 2.24) is 0 Å². The number of hydrogen-bond donors (Lipinski definition) is 0. The zero-order valence-corrected chi connectivity index (χ0v) is 6.60. The fourth-order valence-corrected chi connectivity index (χ4v) is 1.58. The van der Waals surface area contributed by atoms with Crippen molar-refractivity contribution in [2.24, 2.45) is 0 Å². The maximum absolute atomic E-state index is 5.40. The van der Waals surface area contributed by atoms with Gasteiger partial charge in [0, 0.05) is 21.3 Å². The Morgan fingerprint density at radius 3 is 1.71 bits per heavy atom. The molecule has 0 unspecified atom stereocenters. The molecule has 0 aromatic carbocycles.